The molecule has 0 saturated heterocycles. The normalized spacial score (nSPS) is 11.8. The summed E-state index contributed by atoms with van der Waals surface area (Å²) >= 11 is 0. The van der Waals surface area contributed by atoms with Crippen molar-refractivity contribution in [1.82, 2.24) is 5.32 Å². The fraction of sp³-hybridized carbons (Fsp3) is 0.316. The van der Waals surface area contributed by atoms with Crippen LogP contribution in [0.1, 0.15) is 29.2 Å². The maximum absolute atomic E-state index is 12.1. The van der Waals surface area contributed by atoms with Crippen LogP contribution in [0, 0.1) is 20.8 Å². The summed E-state index contributed by atoms with van der Waals surface area (Å²) in [6.45, 7) is 8.40. The van der Waals surface area contributed by atoms with Crippen LogP contribution in [-0.2, 0) is 11.3 Å². The van der Waals surface area contributed by atoms with Gasteiger partial charge in [-0.15, -0.1) is 0 Å². The Labute approximate surface area is 132 Å². The summed E-state index contributed by atoms with van der Waals surface area (Å²) < 4.78 is 5.71. The van der Waals surface area contributed by atoms with Crippen molar-refractivity contribution in [2.24, 2.45) is 0 Å². The minimum Gasteiger partial charge on any atom is -0.481 e. The summed E-state index contributed by atoms with van der Waals surface area (Å²) in [5.74, 6) is 0.612. The third kappa shape index (κ3) is 4.35. The summed E-state index contributed by atoms with van der Waals surface area (Å²) in [6.07, 6.45) is -0.521. The lowest BCUT2D eigenvalue weighted by Crippen LogP contribution is -2.35. The fourth-order valence-electron chi connectivity index (χ4n) is 2.20. The van der Waals surface area contributed by atoms with Gasteiger partial charge < -0.3 is 10.1 Å². The highest BCUT2D eigenvalue weighted by molar-refractivity contribution is 5.80. The zero-order chi connectivity index (χ0) is 16.1. The van der Waals surface area contributed by atoms with Crippen molar-refractivity contribution >= 4 is 5.91 Å². The Hall–Kier alpha value is -2.29. The number of hydrogen-bond acceptors (Lipinski definition) is 2. The number of amides is 1. The van der Waals surface area contributed by atoms with Crippen molar-refractivity contribution < 1.29 is 9.53 Å². The Morgan fingerprint density at radius 2 is 1.86 bits per heavy atom. The summed E-state index contributed by atoms with van der Waals surface area (Å²) in [6, 6.07) is 14.0. The lowest BCUT2D eigenvalue weighted by atomic mass is 10.1. The van der Waals surface area contributed by atoms with Crippen LogP contribution in [0.15, 0.2) is 42.5 Å². The van der Waals surface area contributed by atoms with Crippen molar-refractivity contribution in [1.29, 1.82) is 0 Å². The minimum absolute atomic E-state index is 0.111. The minimum atomic E-state index is -0.521. The van der Waals surface area contributed by atoms with Gasteiger partial charge in [-0.1, -0.05) is 35.9 Å². The van der Waals surface area contributed by atoms with Gasteiger partial charge in [0.2, 0.25) is 0 Å². The van der Waals surface area contributed by atoms with E-state index in [0.29, 0.717) is 6.54 Å². The van der Waals surface area contributed by atoms with Gasteiger partial charge in [0.1, 0.15) is 5.75 Å². The second-order valence-electron chi connectivity index (χ2n) is 5.71. The van der Waals surface area contributed by atoms with E-state index in [0.717, 1.165) is 16.9 Å². The number of rotatable bonds is 5. The van der Waals surface area contributed by atoms with E-state index in [1.165, 1.54) is 11.1 Å². The zero-order valence-electron chi connectivity index (χ0n) is 13.6. The predicted molar refractivity (Wildman–Crippen MR) is 89.0 cm³/mol. The van der Waals surface area contributed by atoms with E-state index >= 15 is 0 Å². The quantitative estimate of drug-likeness (QED) is 0.914. The van der Waals surface area contributed by atoms with Gasteiger partial charge in [0.05, 0.1) is 0 Å². The first-order valence-electron chi connectivity index (χ1n) is 7.53. The predicted octanol–water partition coefficient (Wildman–Crippen LogP) is 3.70. The summed E-state index contributed by atoms with van der Waals surface area (Å²) in [7, 11) is 0. The average Bonchev–Trinajstić information content (AvgIpc) is 2.48. The Morgan fingerprint density at radius 3 is 2.55 bits per heavy atom. The number of benzene rings is 2. The van der Waals surface area contributed by atoms with E-state index < -0.39 is 6.10 Å². The Balaban J connectivity index is 1.90. The Kier molecular flexibility index (Phi) is 5.21. The maximum Gasteiger partial charge on any atom is 0.261 e. The number of carbonyl (C=O) groups is 1. The molecule has 3 heteroatoms. The van der Waals surface area contributed by atoms with E-state index in [2.05, 4.69) is 18.3 Å². The lowest BCUT2D eigenvalue weighted by Gasteiger charge is -2.15. The van der Waals surface area contributed by atoms with Crippen LogP contribution in [0.3, 0.4) is 0 Å². The van der Waals surface area contributed by atoms with Crippen LogP contribution in [0.25, 0.3) is 0 Å². The highest BCUT2D eigenvalue weighted by Gasteiger charge is 2.14. The third-order valence-corrected chi connectivity index (χ3v) is 3.71. The van der Waals surface area contributed by atoms with E-state index in [4.69, 9.17) is 4.74 Å². The molecule has 0 radical (unpaired) electrons. The maximum atomic E-state index is 12.1. The molecule has 0 aromatic heterocycles. The van der Waals surface area contributed by atoms with Crippen LogP contribution in [0.2, 0.25) is 0 Å². The molecule has 1 unspecified atom stereocenters. The summed E-state index contributed by atoms with van der Waals surface area (Å²) in [5.41, 5.74) is 4.65. The van der Waals surface area contributed by atoms with Gasteiger partial charge in [0.15, 0.2) is 6.10 Å². The third-order valence-electron chi connectivity index (χ3n) is 3.71. The molecule has 0 spiro atoms. The number of nitrogens with one attached hydrogen (secondary N) is 1. The van der Waals surface area contributed by atoms with Crippen LogP contribution in [-0.4, -0.2) is 12.0 Å². The number of carbonyl (C=O) groups excluding carboxylic acids is 1. The van der Waals surface area contributed by atoms with Gasteiger partial charge in [-0.3, -0.25) is 4.79 Å². The van der Waals surface area contributed by atoms with Gasteiger partial charge in [-0.05, 0) is 56.5 Å². The number of ether oxygens (including phenoxy) is 1. The van der Waals surface area contributed by atoms with Crippen molar-refractivity contribution in [2.75, 3.05) is 0 Å². The molecule has 1 amide bonds. The van der Waals surface area contributed by atoms with Crippen molar-refractivity contribution in [3.8, 4) is 5.75 Å². The van der Waals surface area contributed by atoms with Gasteiger partial charge in [0.25, 0.3) is 5.91 Å². The molecule has 1 atom stereocenters. The van der Waals surface area contributed by atoms with Gasteiger partial charge in [-0.25, -0.2) is 0 Å². The van der Waals surface area contributed by atoms with Gasteiger partial charge >= 0.3 is 0 Å². The monoisotopic (exact) mass is 297 g/mol. The SMILES string of the molecule is Cc1cccc(CNC(=O)C(C)Oc2ccc(C)c(C)c2)c1. The molecule has 3 nitrogen and oxygen atoms in total. The first-order chi connectivity index (χ1) is 10.5. The number of aryl methyl sites for hydroxylation is 3. The highest BCUT2D eigenvalue weighted by atomic mass is 16.5. The fourth-order valence-corrected chi connectivity index (χ4v) is 2.20. The van der Waals surface area contributed by atoms with E-state index in [1.54, 1.807) is 6.92 Å². The largest absolute Gasteiger partial charge is 0.481 e. The van der Waals surface area contributed by atoms with Crippen molar-refractivity contribution in [3.05, 3.63) is 64.7 Å². The molecule has 0 aliphatic carbocycles. The topological polar surface area (TPSA) is 38.3 Å². The smallest absolute Gasteiger partial charge is 0.261 e. The first kappa shape index (κ1) is 16.1. The summed E-state index contributed by atoms with van der Waals surface area (Å²) in [5, 5.41) is 2.91. The highest BCUT2D eigenvalue weighted by Crippen LogP contribution is 2.17. The molecule has 0 aliphatic rings. The molecule has 116 valence electrons. The van der Waals surface area contributed by atoms with E-state index in [1.807, 2.05) is 50.2 Å². The molecule has 1 N–H and O–H groups in total. The van der Waals surface area contributed by atoms with Gasteiger partial charge in [-0.2, -0.15) is 0 Å². The van der Waals surface area contributed by atoms with Crippen LogP contribution >= 0.6 is 0 Å². The van der Waals surface area contributed by atoms with E-state index in [9.17, 15) is 4.79 Å². The second kappa shape index (κ2) is 7.12. The Morgan fingerprint density at radius 1 is 1.09 bits per heavy atom. The molecule has 2 rings (SSSR count). The van der Waals surface area contributed by atoms with Crippen molar-refractivity contribution in [3.63, 3.8) is 0 Å². The molecule has 2 aromatic carbocycles. The van der Waals surface area contributed by atoms with E-state index in [-0.39, 0.29) is 5.91 Å². The average molecular weight is 297 g/mol. The molecule has 0 saturated carbocycles. The summed E-state index contributed by atoms with van der Waals surface area (Å²) in [4.78, 5) is 12.1. The first-order valence-corrected chi connectivity index (χ1v) is 7.53. The lowest BCUT2D eigenvalue weighted by molar-refractivity contribution is -0.127. The van der Waals surface area contributed by atoms with Crippen LogP contribution in [0.5, 0.6) is 5.75 Å². The van der Waals surface area contributed by atoms with Crippen molar-refractivity contribution in [2.45, 2.75) is 40.3 Å². The molecule has 0 fully saturated rings. The number of hydrogen-bond donors (Lipinski definition) is 1. The molecular formula is C19H23NO2. The zero-order valence-corrected chi connectivity index (χ0v) is 13.6. The Bertz CT molecular complexity index is 664. The standard InChI is InChI=1S/C19H23NO2/c1-13-6-5-7-17(10-13)12-20-19(21)16(4)22-18-9-8-14(2)15(3)11-18/h5-11,16H,12H2,1-4H3,(H,20,21). The molecule has 22 heavy (non-hydrogen) atoms. The molecule has 2 aromatic rings. The van der Waals surface area contributed by atoms with Crippen LogP contribution < -0.4 is 10.1 Å². The molecule has 0 aliphatic heterocycles. The molecular weight excluding hydrogens is 274 g/mol. The second-order valence-corrected chi connectivity index (χ2v) is 5.71. The van der Waals surface area contributed by atoms with Gasteiger partial charge in [0, 0.05) is 6.54 Å². The molecule has 0 bridgehead atoms. The molecule has 0 heterocycles. The van der Waals surface area contributed by atoms with Crippen LogP contribution in [0.4, 0.5) is 0 Å².